The van der Waals surface area contributed by atoms with Gasteiger partial charge in [-0.3, -0.25) is 4.79 Å². The van der Waals surface area contributed by atoms with E-state index in [2.05, 4.69) is 32.1 Å². The second kappa shape index (κ2) is 23.1. The van der Waals surface area contributed by atoms with Crippen LogP contribution < -0.4 is 0 Å². The standard InChI is InChI=1S/C39H68O3/c1-4-6-8-17-24-34-30-36-29-28-33(23-19-13-10-12-16-22-32(3)40)37(26-20-14-11-15-21-27-39(41)42)38(36)31-35(34)25-18-9-7-5-2/h28-29,31,33-34,36-38H,4-27,30H2,1-3H3,(H,41,42). The summed E-state index contributed by atoms with van der Waals surface area (Å²) in [7, 11) is 0. The van der Waals surface area contributed by atoms with Gasteiger partial charge >= 0.3 is 5.97 Å². The molecule has 0 saturated carbocycles. The van der Waals surface area contributed by atoms with Gasteiger partial charge in [-0.1, -0.05) is 134 Å². The van der Waals surface area contributed by atoms with Gasteiger partial charge in [0, 0.05) is 12.8 Å². The van der Waals surface area contributed by atoms with Gasteiger partial charge in [0.15, 0.2) is 0 Å². The molecule has 2 aliphatic carbocycles. The van der Waals surface area contributed by atoms with Crippen LogP contribution in [-0.4, -0.2) is 16.9 Å². The highest BCUT2D eigenvalue weighted by Gasteiger charge is 2.38. The molecule has 1 N–H and O–H groups in total. The Hall–Kier alpha value is -1.38. The first-order valence-corrected chi connectivity index (χ1v) is 18.6. The van der Waals surface area contributed by atoms with E-state index in [1.165, 1.54) is 128 Å². The summed E-state index contributed by atoms with van der Waals surface area (Å²) in [6, 6.07) is 0. The van der Waals surface area contributed by atoms with Crippen LogP contribution in [0.15, 0.2) is 23.8 Å². The third-order valence-electron chi connectivity index (χ3n) is 10.4. The Morgan fingerprint density at radius 2 is 1.26 bits per heavy atom. The predicted octanol–water partition coefficient (Wildman–Crippen LogP) is 12.0. The van der Waals surface area contributed by atoms with E-state index < -0.39 is 5.97 Å². The monoisotopic (exact) mass is 585 g/mol. The van der Waals surface area contributed by atoms with Crippen LogP contribution in [0.1, 0.15) is 181 Å². The molecule has 2 aliphatic rings. The van der Waals surface area contributed by atoms with Gasteiger partial charge in [-0.25, -0.2) is 0 Å². The van der Waals surface area contributed by atoms with E-state index in [0.717, 1.165) is 49.4 Å². The molecule has 0 saturated heterocycles. The molecule has 0 aromatic rings. The zero-order valence-corrected chi connectivity index (χ0v) is 28.1. The van der Waals surface area contributed by atoms with Crippen molar-refractivity contribution in [1.82, 2.24) is 0 Å². The first-order valence-electron chi connectivity index (χ1n) is 18.6. The summed E-state index contributed by atoms with van der Waals surface area (Å²) in [5.74, 6) is 3.39. The summed E-state index contributed by atoms with van der Waals surface area (Å²) in [5.41, 5.74) is 1.82. The lowest BCUT2D eigenvalue weighted by Crippen LogP contribution is -2.35. The van der Waals surface area contributed by atoms with E-state index in [1.54, 1.807) is 6.92 Å². The molecule has 0 heterocycles. The fourth-order valence-electron chi connectivity index (χ4n) is 7.86. The highest BCUT2D eigenvalue weighted by Crippen LogP contribution is 2.48. The summed E-state index contributed by atoms with van der Waals surface area (Å²) in [6.07, 6.45) is 38.6. The number of carboxylic acids is 1. The molecule has 0 aliphatic heterocycles. The number of ketones is 1. The summed E-state index contributed by atoms with van der Waals surface area (Å²) in [6.45, 7) is 6.35. The molecule has 5 unspecified atom stereocenters. The smallest absolute Gasteiger partial charge is 0.303 e. The molecule has 0 radical (unpaired) electrons. The van der Waals surface area contributed by atoms with Gasteiger partial charge < -0.3 is 9.90 Å². The Kier molecular flexibility index (Phi) is 20.2. The zero-order valence-electron chi connectivity index (χ0n) is 28.1. The summed E-state index contributed by atoms with van der Waals surface area (Å²) in [4.78, 5) is 22.1. The number of carbonyl (C=O) groups is 2. The van der Waals surface area contributed by atoms with Gasteiger partial charge in [0.1, 0.15) is 5.78 Å². The molecule has 0 aromatic heterocycles. The molecule has 5 atom stereocenters. The number of carboxylic acid groups (broad SMARTS) is 1. The maximum absolute atomic E-state index is 11.3. The second-order valence-electron chi connectivity index (χ2n) is 14.0. The average molecular weight is 585 g/mol. The van der Waals surface area contributed by atoms with E-state index in [9.17, 15) is 9.59 Å². The van der Waals surface area contributed by atoms with Crippen LogP contribution in [0, 0.1) is 29.6 Å². The first-order chi connectivity index (χ1) is 20.5. The van der Waals surface area contributed by atoms with Crippen LogP contribution in [0.2, 0.25) is 0 Å². The van der Waals surface area contributed by atoms with Crippen molar-refractivity contribution in [3.05, 3.63) is 23.8 Å². The molecule has 242 valence electrons. The number of Topliss-reactive ketones (excluding diaryl/α,β-unsaturated/α-hetero) is 1. The average Bonchev–Trinajstić information content (AvgIpc) is 2.96. The van der Waals surface area contributed by atoms with Crippen LogP contribution in [0.3, 0.4) is 0 Å². The van der Waals surface area contributed by atoms with Gasteiger partial charge in [-0.15, -0.1) is 0 Å². The van der Waals surface area contributed by atoms with Gasteiger partial charge in [-0.2, -0.15) is 0 Å². The number of unbranched alkanes of at least 4 members (excludes halogenated alkanes) is 14. The lowest BCUT2D eigenvalue weighted by atomic mass is 9.61. The molecule has 42 heavy (non-hydrogen) atoms. The van der Waals surface area contributed by atoms with Crippen molar-refractivity contribution in [2.45, 2.75) is 181 Å². The number of aliphatic carboxylic acids is 1. The van der Waals surface area contributed by atoms with Crippen molar-refractivity contribution >= 4 is 11.8 Å². The summed E-state index contributed by atoms with van der Waals surface area (Å²) >= 11 is 0. The molecule has 0 fully saturated rings. The number of fused-ring (bicyclic) bond motifs is 1. The topological polar surface area (TPSA) is 54.4 Å². The SMILES string of the molecule is CCCCCCC1=CC2C(C=CC(CCCCCCCC(C)=O)C2CCCCCCCC(=O)O)CC1CCCCCC. The molecular formula is C39H68O3. The maximum atomic E-state index is 11.3. The van der Waals surface area contributed by atoms with Crippen LogP contribution in [-0.2, 0) is 9.59 Å². The van der Waals surface area contributed by atoms with E-state index in [1.807, 2.05) is 5.57 Å². The van der Waals surface area contributed by atoms with E-state index in [-0.39, 0.29) is 0 Å². The van der Waals surface area contributed by atoms with Crippen LogP contribution in [0.4, 0.5) is 0 Å². The first kappa shape index (κ1) is 36.8. The Bertz CT molecular complexity index is 780. The Morgan fingerprint density at radius 1 is 0.690 bits per heavy atom. The number of allylic oxidation sites excluding steroid dienone is 4. The van der Waals surface area contributed by atoms with Crippen molar-refractivity contribution in [2.24, 2.45) is 29.6 Å². The summed E-state index contributed by atoms with van der Waals surface area (Å²) in [5, 5.41) is 8.95. The van der Waals surface area contributed by atoms with Crippen LogP contribution in [0.5, 0.6) is 0 Å². The van der Waals surface area contributed by atoms with Gasteiger partial charge in [0.05, 0.1) is 0 Å². The highest BCUT2D eigenvalue weighted by molar-refractivity contribution is 5.75. The number of rotatable bonds is 26. The molecule has 3 heteroatoms. The second-order valence-corrected chi connectivity index (χ2v) is 14.0. The minimum absolute atomic E-state index is 0.319. The Balaban J connectivity index is 2.04. The molecule has 0 amide bonds. The van der Waals surface area contributed by atoms with E-state index in [0.29, 0.717) is 18.1 Å². The Labute approximate surface area is 260 Å². The number of hydrogen-bond acceptors (Lipinski definition) is 2. The van der Waals surface area contributed by atoms with Gasteiger partial charge in [0.25, 0.3) is 0 Å². The molecule has 0 spiro atoms. The minimum atomic E-state index is -0.657. The quantitative estimate of drug-likeness (QED) is 0.0812. The lowest BCUT2D eigenvalue weighted by Gasteiger charge is -2.44. The highest BCUT2D eigenvalue weighted by atomic mass is 16.4. The lowest BCUT2D eigenvalue weighted by molar-refractivity contribution is -0.137. The Morgan fingerprint density at radius 3 is 1.93 bits per heavy atom. The fraction of sp³-hybridized carbons (Fsp3) is 0.846. The molecular weight excluding hydrogens is 516 g/mol. The van der Waals surface area contributed by atoms with E-state index >= 15 is 0 Å². The third-order valence-corrected chi connectivity index (χ3v) is 10.4. The van der Waals surface area contributed by atoms with E-state index in [4.69, 9.17) is 5.11 Å². The minimum Gasteiger partial charge on any atom is -0.481 e. The third kappa shape index (κ3) is 15.4. The molecule has 0 bridgehead atoms. The van der Waals surface area contributed by atoms with Crippen molar-refractivity contribution in [2.75, 3.05) is 0 Å². The zero-order chi connectivity index (χ0) is 30.4. The largest absolute Gasteiger partial charge is 0.481 e. The maximum Gasteiger partial charge on any atom is 0.303 e. The van der Waals surface area contributed by atoms with Crippen molar-refractivity contribution in [3.63, 3.8) is 0 Å². The fourth-order valence-corrected chi connectivity index (χ4v) is 7.86. The van der Waals surface area contributed by atoms with Gasteiger partial charge in [-0.05, 0) is 87.9 Å². The van der Waals surface area contributed by atoms with Crippen molar-refractivity contribution < 1.29 is 14.7 Å². The number of carbonyl (C=O) groups excluding carboxylic acids is 1. The number of hydrogen-bond donors (Lipinski definition) is 1. The molecule has 2 rings (SSSR count). The van der Waals surface area contributed by atoms with Gasteiger partial charge in [0.2, 0.25) is 0 Å². The van der Waals surface area contributed by atoms with Crippen LogP contribution in [0.25, 0.3) is 0 Å². The van der Waals surface area contributed by atoms with Crippen molar-refractivity contribution in [3.8, 4) is 0 Å². The normalized spacial score (nSPS) is 23.5. The molecule has 3 nitrogen and oxygen atoms in total. The predicted molar refractivity (Wildman–Crippen MR) is 180 cm³/mol. The summed E-state index contributed by atoms with van der Waals surface area (Å²) < 4.78 is 0. The molecule has 0 aromatic carbocycles. The van der Waals surface area contributed by atoms with Crippen molar-refractivity contribution in [1.29, 1.82) is 0 Å². The van der Waals surface area contributed by atoms with Crippen LogP contribution >= 0.6 is 0 Å².